The first-order chi connectivity index (χ1) is 11.3. The van der Waals surface area contributed by atoms with Crippen LogP contribution in [0, 0.1) is 0 Å². The summed E-state index contributed by atoms with van der Waals surface area (Å²) in [7, 11) is -1.65. The zero-order valence-electron chi connectivity index (χ0n) is 17.6. The van der Waals surface area contributed by atoms with Crippen LogP contribution in [0.3, 0.4) is 0 Å². The van der Waals surface area contributed by atoms with Crippen LogP contribution in [-0.4, -0.2) is 37.6 Å². The molecule has 0 aromatic carbocycles. The van der Waals surface area contributed by atoms with Crippen LogP contribution in [-0.2, 0) is 9.16 Å². The molecule has 0 aromatic heterocycles. The maximum absolute atomic E-state index is 12.4. The minimum atomic E-state index is -1.65. The van der Waals surface area contributed by atoms with Crippen molar-refractivity contribution in [2.75, 3.05) is 6.61 Å². The fourth-order valence-corrected chi connectivity index (χ4v) is 3.66. The van der Waals surface area contributed by atoms with Gasteiger partial charge in [0.2, 0.25) is 0 Å². The van der Waals surface area contributed by atoms with E-state index in [1.165, 1.54) is 0 Å². The Balaban J connectivity index is 2.42. The summed E-state index contributed by atoms with van der Waals surface area (Å²) in [6.07, 6.45) is 8.90. The Morgan fingerprint density at radius 2 is 1.80 bits per heavy atom. The maximum atomic E-state index is 12.4. The van der Waals surface area contributed by atoms with Gasteiger partial charge in [0.1, 0.15) is 5.60 Å². The predicted octanol–water partition coefficient (Wildman–Crippen LogP) is 6.09. The van der Waals surface area contributed by atoms with E-state index >= 15 is 0 Å². The molecule has 0 aromatic rings. The number of nitrogens with zero attached hydrogens (tertiary/aromatic N) is 1. The third-order valence-electron chi connectivity index (χ3n) is 5.13. The quantitative estimate of drug-likeness (QED) is 0.420. The van der Waals surface area contributed by atoms with E-state index in [0.717, 1.165) is 38.7 Å². The van der Waals surface area contributed by atoms with Crippen LogP contribution in [0.1, 0.15) is 73.6 Å². The second-order valence-electron chi connectivity index (χ2n) is 9.61. The highest BCUT2D eigenvalue weighted by molar-refractivity contribution is 6.74. The lowest BCUT2D eigenvalue weighted by molar-refractivity contribution is 0.0241. The van der Waals surface area contributed by atoms with Crippen LogP contribution in [0.5, 0.6) is 0 Å². The van der Waals surface area contributed by atoms with Crippen LogP contribution in [0.4, 0.5) is 4.79 Å². The summed E-state index contributed by atoms with van der Waals surface area (Å²) in [6.45, 7) is 18.0. The Morgan fingerprint density at radius 1 is 1.16 bits per heavy atom. The van der Waals surface area contributed by atoms with Crippen molar-refractivity contribution >= 4 is 14.4 Å². The summed E-state index contributed by atoms with van der Waals surface area (Å²) in [5.74, 6) is 0. The average molecular weight is 370 g/mol. The lowest BCUT2D eigenvalue weighted by atomic mass is 10.0. The second-order valence-corrected chi connectivity index (χ2v) is 14.4. The van der Waals surface area contributed by atoms with Gasteiger partial charge in [-0.2, -0.15) is 0 Å². The van der Waals surface area contributed by atoms with Gasteiger partial charge < -0.3 is 9.16 Å². The molecule has 0 bridgehead atoms. The maximum Gasteiger partial charge on any atom is 0.414 e. The first-order valence-corrected chi connectivity index (χ1v) is 12.6. The lowest BCUT2D eigenvalue weighted by Gasteiger charge is -2.36. The molecule has 0 aliphatic carbocycles. The van der Waals surface area contributed by atoms with Gasteiger partial charge in [0.25, 0.3) is 0 Å². The first kappa shape index (κ1) is 22.2. The van der Waals surface area contributed by atoms with E-state index in [4.69, 9.17) is 9.16 Å². The van der Waals surface area contributed by atoms with Crippen molar-refractivity contribution in [3.05, 3.63) is 12.3 Å². The number of carbonyl (C=O) groups is 1. The smallest absolute Gasteiger partial charge is 0.414 e. The molecule has 1 aliphatic heterocycles. The van der Waals surface area contributed by atoms with Crippen molar-refractivity contribution in [1.82, 2.24) is 4.90 Å². The van der Waals surface area contributed by atoms with E-state index in [-0.39, 0.29) is 17.2 Å². The van der Waals surface area contributed by atoms with Crippen molar-refractivity contribution in [2.24, 2.45) is 0 Å². The van der Waals surface area contributed by atoms with Gasteiger partial charge in [-0.05, 0) is 71.0 Å². The molecule has 146 valence electrons. The molecule has 0 saturated carbocycles. The summed E-state index contributed by atoms with van der Waals surface area (Å²) in [4.78, 5) is 14.2. The highest BCUT2D eigenvalue weighted by atomic mass is 28.4. The van der Waals surface area contributed by atoms with Crippen LogP contribution >= 0.6 is 0 Å². The molecule has 1 unspecified atom stereocenters. The zero-order valence-corrected chi connectivity index (χ0v) is 18.6. The first-order valence-electron chi connectivity index (χ1n) is 9.65. The fourth-order valence-electron chi connectivity index (χ4n) is 2.57. The highest BCUT2D eigenvalue weighted by Gasteiger charge is 2.36. The minimum Gasteiger partial charge on any atom is -0.443 e. The number of unbranched alkanes of at least 4 members (excludes halogenated alkanes) is 1. The molecule has 1 heterocycles. The largest absolute Gasteiger partial charge is 0.443 e. The Labute approximate surface area is 156 Å². The SMILES string of the molecule is CC(C)(C)OC(=O)N1C=CCCC1CCCCO[Si](C)(C)C(C)(C)C. The van der Waals surface area contributed by atoms with Gasteiger partial charge in [0, 0.05) is 18.8 Å². The molecule has 25 heavy (non-hydrogen) atoms. The molecule has 1 atom stereocenters. The molecule has 0 fully saturated rings. The monoisotopic (exact) mass is 369 g/mol. The van der Waals surface area contributed by atoms with Crippen LogP contribution in [0.15, 0.2) is 12.3 Å². The van der Waals surface area contributed by atoms with E-state index in [9.17, 15) is 4.79 Å². The standard InChI is InChI=1S/C20H39NO3Si/c1-19(2,3)24-18(22)21-15-11-9-13-17(21)14-10-12-16-23-25(7,8)20(4,5)6/h11,15,17H,9-10,12-14,16H2,1-8H3. The molecule has 4 nitrogen and oxygen atoms in total. The Morgan fingerprint density at radius 3 is 2.36 bits per heavy atom. The Kier molecular flexibility index (Phi) is 7.75. The Hall–Kier alpha value is -0.813. The minimum absolute atomic E-state index is 0.231. The number of amides is 1. The van der Waals surface area contributed by atoms with Crippen molar-refractivity contribution in [3.8, 4) is 0 Å². The summed E-state index contributed by atoms with van der Waals surface area (Å²) < 4.78 is 11.8. The lowest BCUT2D eigenvalue weighted by Crippen LogP contribution is -2.41. The van der Waals surface area contributed by atoms with Crippen molar-refractivity contribution in [1.29, 1.82) is 0 Å². The molecule has 0 radical (unpaired) electrons. The number of ether oxygens (including phenoxy) is 1. The topological polar surface area (TPSA) is 38.8 Å². The molecule has 0 N–H and O–H groups in total. The highest BCUT2D eigenvalue weighted by Crippen LogP contribution is 2.36. The molecule has 1 rings (SSSR count). The number of rotatable bonds is 6. The van der Waals surface area contributed by atoms with Crippen LogP contribution in [0.25, 0.3) is 0 Å². The van der Waals surface area contributed by atoms with Gasteiger partial charge in [-0.25, -0.2) is 4.79 Å². The van der Waals surface area contributed by atoms with E-state index in [0.29, 0.717) is 0 Å². The second kappa shape index (κ2) is 8.72. The van der Waals surface area contributed by atoms with E-state index < -0.39 is 13.9 Å². The van der Waals surface area contributed by atoms with Gasteiger partial charge in [-0.1, -0.05) is 26.8 Å². The molecule has 1 amide bonds. The third kappa shape index (κ3) is 7.53. The molecule has 1 aliphatic rings. The van der Waals surface area contributed by atoms with Crippen LogP contribution < -0.4 is 0 Å². The molecule has 0 spiro atoms. The molecule has 0 saturated heterocycles. The number of hydrogen-bond donors (Lipinski definition) is 0. The van der Waals surface area contributed by atoms with Crippen LogP contribution in [0.2, 0.25) is 18.1 Å². The molecular formula is C20H39NO3Si. The van der Waals surface area contributed by atoms with Gasteiger partial charge >= 0.3 is 6.09 Å². The normalized spacial score (nSPS) is 19.2. The molecular weight excluding hydrogens is 330 g/mol. The average Bonchev–Trinajstić information content (AvgIpc) is 2.44. The molecule has 5 heteroatoms. The summed E-state index contributed by atoms with van der Waals surface area (Å²) in [6, 6.07) is 0.243. The zero-order chi connectivity index (χ0) is 19.3. The van der Waals surface area contributed by atoms with Crippen molar-refractivity contribution in [3.63, 3.8) is 0 Å². The van der Waals surface area contributed by atoms with E-state index in [2.05, 4.69) is 39.9 Å². The van der Waals surface area contributed by atoms with Gasteiger partial charge in [0.05, 0.1) is 0 Å². The Bertz CT molecular complexity index is 461. The number of allylic oxidation sites excluding steroid dienone is 1. The summed E-state index contributed by atoms with van der Waals surface area (Å²) >= 11 is 0. The third-order valence-corrected chi connectivity index (χ3v) is 9.67. The summed E-state index contributed by atoms with van der Waals surface area (Å²) in [5.41, 5.74) is -0.454. The number of carbonyl (C=O) groups excluding carboxylic acids is 1. The fraction of sp³-hybridized carbons (Fsp3) is 0.850. The predicted molar refractivity (Wildman–Crippen MR) is 107 cm³/mol. The van der Waals surface area contributed by atoms with Gasteiger partial charge in [-0.3, -0.25) is 4.90 Å². The van der Waals surface area contributed by atoms with Crippen molar-refractivity contribution in [2.45, 2.75) is 103 Å². The summed E-state index contributed by atoms with van der Waals surface area (Å²) in [5, 5.41) is 0.259. The van der Waals surface area contributed by atoms with E-state index in [1.807, 2.05) is 27.0 Å². The van der Waals surface area contributed by atoms with E-state index in [1.54, 1.807) is 4.90 Å². The van der Waals surface area contributed by atoms with Gasteiger partial charge in [-0.15, -0.1) is 0 Å². The van der Waals surface area contributed by atoms with Gasteiger partial charge in [0.15, 0.2) is 8.32 Å². The van der Waals surface area contributed by atoms with Crippen molar-refractivity contribution < 1.29 is 14.0 Å². The number of hydrogen-bond acceptors (Lipinski definition) is 3.